The molecular formula is C5H7N5. The van der Waals surface area contributed by atoms with Crippen molar-refractivity contribution in [1.82, 2.24) is 15.4 Å². The van der Waals surface area contributed by atoms with Crippen LogP contribution in [0.15, 0.2) is 18.5 Å². The predicted molar refractivity (Wildman–Crippen MR) is 36.2 cm³/mol. The monoisotopic (exact) mass is 137 g/mol. The van der Waals surface area contributed by atoms with Crippen molar-refractivity contribution in [1.29, 1.82) is 0 Å². The van der Waals surface area contributed by atoms with E-state index < -0.39 is 0 Å². The number of hydrogen-bond donors (Lipinski definition) is 2. The minimum absolute atomic E-state index is 0.398. The highest BCUT2D eigenvalue weighted by molar-refractivity contribution is 5.57. The normalized spacial score (nSPS) is 11.4. The Morgan fingerprint density at radius 1 is 1.60 bits per heavy atom. The van der Waals surface area contributed by atoms with Crippen LogP contribution in [-0.2, 0) is 0 Å². The van der Waals surface area contributed by atoms with Gasteiger partial charge in [0.1, 0.15) is 5.69 Å². The molecule has 0 atom stereocenters. The van der Waals surface area contributed by atoms with E-state index >= 15 is 0 Å². The second kappa shape index (κ2) is 2.77. The van der Waals surface area contributed by atoms with Crippen LogP contribution in [0, 0.1) is 0 Å². The van der Waals surface area contributed by atoms with Crippen LogP contribution < -0.4 is 11.5 Å². The third kappa shape index (κ3) is 1.19. The van der Waals surface area contributed by atoms with Crippen molar-refractivity contribution < 1.29 is 0 Å². The Morgan fingerprint density at radius 3 is 2.90 bits per heavy atom. The summed E-state index contributed by atoms with van der Waals surface area (Å²) >= 11 is 0. The minimum atomic E-state index is 0.398. The van der Waals surface area contributed by atoms with Crippen molar-refractivity contribution >= 4 is 5.70 Å². The van der Waals surface area contributed by atoms with E-state index in [9.17, 15) is 0 Å². The van der Waals surface area contributed by atoms with E-state index in [2.05, 4.69) is 15.4 Å². The molecule has 0 aliphatic heterocycles. The summed E-state index contributed by atoms with van der Waals surface area (Å²) in [5.41, 5.74) is 11.5. The number of hydrogen-bond acceptors (Lipinski definition) is 5. The Hall–Kier alpha value is -1.65. The van der Waals surface area contributed by atoms with E-state index in [1.807, 2.05) is 0 Å². The summed E-state index contributed by atoms with van der Waals surface area (Å²) in [7, 11) is 0. The topological polar surface area (TPSA) is 90.7 Å². The molecule has 0 saturated carbocycles. The fourth-order valence-electron chi connectivity index (χ4n) is 0.480. The van der Waals surface area contributed by atoms with Crippen LogP contribution in [0.25, 0.3) is 5.70 Å². The van der Waals surface area contributed by atoms with E-state index in [-0.39, 0.29) is 0 Å². The lowest BCUT2D eigenvalue weighted by Gasteiger charge is -1.93. The molecule has 5 heteroatoms. The van der Waals surface area contributed by atoms with Crippen molar-refractivity contribution in [3.63, 3.8) is 0 Å². The molecule has 1 aromatic heterocycles. The Kier molecular flexibility index (Phi) is 1.79. The highest BCUT2D eigenvalue weighted by Gasteiger charge is 1.94. The van der Waals surface area contributed by atoms with Crippen molar-refractivity contribution in [2.75, 3.05) is 0 Å². The maximum atomic E-state index is 5.40. The van der Waals surface area contributed by atoms with Crippen LogP contribution in [0.2, 0.25) is 0 Å². The Bertz CT molecular complexity index is 229. The van der Waals surface area contributed by atoms with Crippen molar-refractivity contribution in [2.45, 2.75) is 0 Å². The van der Waals surface area contributed by atoms with E-state index in [4.69, 9.17) is 11.5 Å². The number of rotatable bonds is 1. The fourth-order valence-corrected chi connectivity index (χ4v) is 0.480. The molecule has 0 aliphatic rings. The molecule has 0 aliphatic carbocycles. The molecule has 1 aromatic rings. The van der Waals surface area contributed by atoms with Gasteiger partial charge in [0.05, 0.1) is 11.9 Å². The third-order valence-electron chi connectivity index (χ3n) is 0.978. The first-order valence-electron chi connectivity index (χ1n) is 2.66. The van der Waals surface area contributed by atoms with Crippen LogP contribution in [0.5, 0.6) is 0 Å². The predicted octanol–water partition coefficient (Wildman–Crippen LogP) is -0.913. The molecule has 0 unspecified atom stereocenters. The molecular weight excluding hydrogens is 130 g/mol. The van der Waals surface area contributed by atoms with Gasteiger partial charge in [0.25, 0.3) is 0 Å². The van der Waals surface area contributed by atoms with Crippen molar-refractivity contribution in [3.05, 3.63) is 24.2 Å². The Labute approximate surface area is 57.7 Å². The van der Waals surface area contributed by atoms with E-state index in [0.29, 0.717) is 11.4 Å². The van der Waals surface area contributed by atoms with Gasteiger partial charge in [0, 0.05) is 6.20 Å². The van der Waals surface area contributed by atoms with E-state index in [1.54, 1.807) is 6.07 Å². The van der Waals surface area contributed by atoms with Gasteiger partial charge in [-0.05, 0) is 11.3 Å². The maximum absolute atomic E-state index is 5.40. The smallest absolute Gasteiger partial charge is 0.113 e. The zero-order chi connectivity index (χ0) is 7.40. The second-order valence-electron chi connectivity index (χ2n) is 1.63. The molecule has 0 aromatic carbocycles. The molecule has 0 bridgehead atoms. The number of nitrogens with zero attached hydrogens (tertiary/aromatic N) is 3. The standard InChI is InChI=1S/C5H7N5/c6-3-4(7)5-1-2-8-10-9-5/h1-3H,6-7H2. The molecule has 0 fully saturated rings. The van der Waals surface area contributed by atoms with Crippen LogP contribution >= 0.6 is 0 Å². The van der Waals surface area contributed by atoms with Gasteiger partial charge in [-0.1, -0.05) is 0 Å². The molecule has 52 valence electrons. The Balaban J connectivity index is 2.96. The van der Waals surface area contributed by atoms with Gasteiger partial charge in [0.15, 0.2) is 0 Å². The molecule has 0 spiro atoms. The lowest BCUT2D eigenvalue weighted by Crippen LogP contribution is -2.03. The summed E-state index contributed by atoms with van der Waals surface area (Å²) in [4.78, 5) is 0. The zero-order valence-electron chi connectivity index (χ0n) is 5.23. The Morgan fingerprint density at radius 2 is 2.40 bits per heavy atom. The lowest BCUT2D eigenvalue weighted by atomic mass is 10.3. The van der Waals surface area contributed by atoms with Gasteiger partial charge >= 0.3 is 0 Å². The van der Waals surface area contributed by atoms with Gasteiger partial charge in [-0.3, -0.25) is 0 Å². The fraction of sp³-hybridized carbons (Fsp3) is 0. The molecule has 1 heterocycles. The molecule has 0 amide bonds. The minimum Gasteiger partial charge on any atom is -0.403 e. The van der Waals surface area contributed by atoms with Crippen LogP contribution in [0.4, 0.5) is 0 Å². The number of aromatic nitrogens is 3. The molecule has 1 rings (SSSR count). The number of nitrogens with two attached hydrogens (primary N) is 2. The maximum Gasteiger partial charge on any atom is 0.113 e. The van der Waals surface area contributed by atoms with E-state index in [1.165, 1.54) is 12.4 Å². The van der Waals surface area contributed by atoms with Gasteiger partial charge in [-0.25, -0.2) is 0 Å². The molecule has 4 N–H and O–H groups in total. The zero-order valence-corrected chi connectivity index (χ0v) is 5.23. The van der Waals surface area contributed by atoms with Crippen molar-refractivity contribution in [3.8, 4) is 0 Å². The first-order chi connectivity index (χ1) is 4.84. The lowest BCUT2D eigenvalue weighted by molar-refractivity contribution is 0.852. The second-order valence-corrected chi connectivity index (χ2v) is 1.63. The van der Waals surface area contributed by atoms with Crippen LogP contribution in [-0.4, -0.2) is 15.4 Å². The first-order valence-corrected chi connectivity index (χ1v) is 2.66. The largest absolute Gasteiger partial charge is 0.403 e. The highest BCUT2D eigenvalue weighted by atomic mass is 15.3. The summed E-state index contributed by atoms with van der Waals surface area (Å²) in [6, 6.07) is 1.63. The highest BCUT2D eigenvalue weighted by Crippen LogP contribution is 1.97. The average molecular weight is 137 g/mol. The molecule has 5 nitrogen and oxygen atoms in total. The summed E-state index contributed by atoms with van der Waals surface area (Å²) in [5, 5.41) is 10.5. The SMILES string of the molecule is NC=C(N)c1ccnnn1. The molecule has 10 heavy (non-hydrogen) atoms. The third-order valence-corrected chi connectivity index (χ3v) is 0.978. The molecule has 0 radical (unpaired) electrons. The summed E-state index contributed by atoms with van der Waals surface area (Å²) in [6.07, 6.45) is 2.77. The summed E-state index contributed by atoms with van der Waals surface area (Å²) < 4.78 is 0. The molecule has 0 saturated heterocycles. The van der Waals surface area contributed by atoms with Crippen LogP contribution in [0.1, 0.15) is 5.69 Å². The summed E-state index contributed by atoms with van der Waals surface area (Å²) in [6.45, 7) is 0. The average Bonchev–Trinajstić information content (AvgIpc) is 2.05. The van der Waals surface area contributed by atoms with E-state index in [0.717, 1.165) is 0 Å². The van der Waals surface area contributed by atoms with Crippen molar-refractivity contribution in [2.24, 2.45) is 11.5 Å². The van der Waals surface area contributed by atoms with Gasteiger partial charge < -0.3 is 11.5 Å². The summed E-state index contributed by atoms with van der Waals surface area (Å²) in [5.74, 6) is 0. The van der Waals surface area contributed by atoms with Gasteiger partial charge in [-0.15, -0.1) is 10.2 Å². The van der Waals surface area contributed by atoms with Crippen LogP contribution in [0.3, 0.4) is 0 Å². The van der Waals surface area contributed by atoms with Gasteiger partial charge in [0.2, 0.25) is 0 Å². The first kappa shape index (κ1) is 6.47. The quantitative estimate of drug-likeness (QED) is 0.522. The van der Waals surface area contributed by atoms with Gasteiger partial charge in [-0.2, -0.15) is 0 Å².